The van der Waals surface area contributed by atoms with E-state index in [1.165, 1.54) is 6.07 Å². The number of carbonyl (C=O) groups is 1. The number of nitrogens with one attached hydrogen (secondary N) is 1. The molecule has 18 heavy (non-hydrogen) atoms. The van der Waals surface area contributed by atoms with Crippen LogP contribution in [0.15, 0.2) is 18.2 Å². The minimum absolute atomic E-state index is 0.0655. The highest BCUT2D eigenvalue weighted by molar-refractivity contribution is 6.31. The summed E-state index contributed by atoms with van der Waals surface area (Å²) in [6, 6.07) is 4.52. The first-order valence-corrected chi connectivity index (χ1v) is 6.70. The molecule has 0 spiro atoms. The zero-order chi connectivity index (χ0) is 13.0. The van der Waals surface area contributed by atoms with E-state index in [-0.39, 0.29) is 12.2 Å². The Kier molecular flexibility index (Phi) is 4.72. The van der Waals surface area contributed by atoms with Crippen LogP contribution in [0.25, 0.3) is 0 Å². The van der Waals surface area contributed by atoms with Gasteiger partial charge in [0.1, 0.15) is 11.6 Å². The highest BCUT2D eigenvalue weighted by atomic mass is 35.5. The van der Waals surface area contributed by atoms with Crippen LogP contribution in [0.1, 0.15) is 24.8 Å². The maximum absolute atomic E-state index is 13.5. The molecular formula is C14H17ClFNO. The zero-order valence-electron chi connectivity index (χ0n) is 10.2. The standard InChI is InChI=1S/C14H17ClFNO/c15-13-4-1-5-14(16)12(13)8-11(18)7-10-3-2-6-17-9-10/h1,4-5,10,17H,2-3,6-9H2. The summed E-state index contributed by atoms with van der Waals surface area (Å²) in [6.07, 6.45) is 2.79. The van der Waals surface area contributed by atoms with E-state index in [0.717, 1.165) is 25.9 Å². The van der Waals surface area contributed by atoms with Crippen molar-refractivity contribution in [2.45, 2.75) is 25.7 Å². The van der Waals surface area contributed by atoms with Crippen molar-refractivity contribution in [1.82, 2.24) is 5.32 Å². The first-order chi connectivity index (χ1) is 8.66. The number of hydrogen-bond donors (Lipinski definition) is 1. The Morgan fingerprint density at radius 1 is 1.50 bits per heavy atom. The van der Waals surface area contributed by atoms with Gasteiger partial charge < -0.3 is 5.32 Å². The molecule has 0 radical (unpaired) electrons. The van der Waals surface area contributed by atoms with Crippen molar-refractivity contribution >= 4 is 17.4 Å². The summed E-state index contributed by atoms with van der Waals surface area (Å²) in [6.45, 7) is 1.92. The molecule has 2 nitrogen and oxygen atoms in total. The molecule has 0 bridgehead atoms. The molecule has 98 valence electrons. The summed E-state index contributed by atoms with van der Waals surface area (Å²) < 4.78 is 13.5. The second kappa shape index (κ2) is 6.30. The number of carbonyl (C=O) groups excluding carboxylic acids is 1. The highest BCUT2D eigenvalue weighted by Crippen LogP contribution is 2.22. The molecule has 0 amide bonds. The first kappa shape index (κ1) is 13.5. The summed E-state index contributed by atoms with van der Waals surface area (Å²) in [7, 11) is 0. The van der Waals surface area contributed by atoms with Crippen molar-refractivity contribution in [1.29, 1.82) is 0 Å². The Bertz CT molecular complexity index is 410. The summed E-state index contributed by atoms with van der Waals surface area (Å²) in [5, 5.41) is 3.61. The molecule has 1 aromatic carbocycles. The van der Waals surface area contributed by atoms with Crippen LogP contribution < -0.4 is 5.32 Å². The van der Waals surface area contributed by atoms with Gasteiger partial charge in [-0.15, -0.1) is 0 Å². The third kappa shape index (κ3) is 3.53. The fourth-order valence-corrected chi connectivity index (χ4v) is 2.62. The van der Waals surface area contributed by atoms with Crippen LogP contribution >= 0.6 is 11.6 Å². The van der Waals surface area contributed by atoms with Crippen molar-refractivity contribution in [3.8, 4) is 0 Å². The summed E-state index contributed by atoms with van der Waals surface area (Å²) in [4.78, 5) is 11.9. The minimum atomic E-state index is -0.391. The number of Topliss-reactive ketones (excluding diaryl/α,β-unsaturated/α-hetero) is 1. The Labute approximate surface area is 112 Å². The number of benzene rings is 1. The topological polar surface area (TPSA) is 29.1 Å². The lowest BCUT2D eigenvalue weighted by Gasteiger charge is -2.22. The second-order valence-electron chi connectivity index (χ2n) is 4.83. The maximum Gasteiger partial charge on any atom is 0.137 e. The average Bonchev–Trinajstić information content (AvgIpc) is 2.35. The fraction of sp³-hybridized carbons (Fsp3) is 0.500. The molecule has 2 rings (SSSR count). The largest absolute Gasteiger partial charge is 0.316 e. The average molecular weight is 270 g/mol. The second-order valence-corrected chi connectivity index (χ2v) is 5.24. The van der Waals surface area contributed by atoms with E-state index in [1.54, 1.807) is 12.1 Å². The van der Waals surface area contributed by atoms with Gasteiger partial charge >= 0.3 is 0 Å². The lowest BCUT2D eigenvalue weighted by molar-refractivity contribution is -0.119. The van der Waals surface area contributed by atoms with Crippen molar-refractivity contribution in [3.05, 3.63) is 34.6 Å². The van der Waals surface area contributed by atoms with Gasteiger partial charge in [-0.2, -0.15) is 0 Å². The Morgan fingerprint density at radius 2 is 2.33 bits per heavy atom. The first-order valence-electron chi connectivity index (χ1n) is 6.32. The number of halogens is 2. The van der Waals surface area contributed by atoms with Gasteiger partial charge in [0.25, 0.3) is 0 Å². The van der Waals surface area contributed by atoms with Gasteiger partial charge in [0.05, 0.1) is 0 Å². The predicted octanol–water partition coefficient (Wildman–Crippen LogP) is 2.98. The van der Waals surface area contributed by atoms with Gasteiger partial charge in [-0.25, -0.2) is 4.39 Å². The van der Waals surface area contributed by atoms with Crippen molar-refractivity contribution in [2.24, 2.45) is 5.92 Å². The van der Waals surface area contributed by atoms with Crippen LogP contribution in [-0.2, 0) is 11.2 Å². The SMILES string of the molecule is O=C(Cc1c(F)cccc1Cl)CC1CCCNC1. The lowest BCUT2D eigenvalue weighted by atomic mass is 9.92. The third-order valence-corrected chi connectivity index (χ3v) is 3.71. The van der Waals surface area contributed by atoms with Gasteiger partial charge in [-0.05, 0) is 44.0 Å². The lowest BCUT2D eigenvalue weighted by Crippen LogP contribution is -2.31. The molecular weight excluding hydrogens is 253 g/mol. The monoisotopic (exact) mass is 269 g/mol. The normalized spacial score (nSPS) is 19.8. The zero-order valence-corrected chi connectivity index (χ0v) is 11.0. The van der Waals surface area contributed by atoms with Gasteiger partial charge in [0.15, 0.2) is 0 Å². The summed E-state index contributed by atoms with van der Waals surface area (Å²) in [5.74, 6) is 0.0603. The summed E-state index contributed by atoms with van der Waals surface area (Å²) in [5.41, 5.74) is 0.327. The number of rotatable bonds is 4. The summed E-state index contributed by atoms with van der Waals surface area (Å²) >= 11 is 5.91. The van der Waals surface area contributed by atoms with E-state index in [1.807, 2.05) is 0 Å². The van der Waals surface area contributed by atoms with Crippen molar-refractivity contribution in [2.75, 3.05) is 13.1 Å². The Hall–Kier alpha value is -0.930. The van der Waals surface area contributed by atoms with Gasteiger partial charge in [-0.1, -0.05) is 17.7 Å². The molecule has 1 aromatic rings. The predicted molar refractivity (Wildman–Crippen MR) is 70.3 cm³/mol. The van der Waals surface area contributed by atoms with Crippen LogP contribution in [0.3, 0.4) is 0 Å². The fourth-order valence-electron chi connectivity index (χ4n) is 2.39. The molecule has 1 N–H and O–H groups in total. The molecule has 0 aromatic heterocycles. The van der Waals surface area contributed by atoms with Crippen LogP contribution in [-0.4, -0.2) is 18.9 Å². The van der Waals surface area contributed by atoms with E-state index >= 15 is 0 Å². The molecule has 1 aliphatic heterocycles. The van der Waals surface area contributed by atoms with Crippen LogP contribution in [0, 0.1) is 11.7 Å². The molecule has 1 fully saturated rings. The van der Waals surface area contributed by atoms with Gasteiger partial charge in [0.2, 0.25) is 0 Å². The Morgan fingerprint density at radius 3 is 3.00 bits per heavy atom. The van der Waals surface area contributed by atoms with Crippen molar-refractivity contribution < 1.29 is 9.18 Å². The molecule has 1 saturated heterocycles. The molecule has 1 heterocycles. The van der Waals surface area contributed by atoms with Crippen LogP contribution in [0.4, 0.5) is 4.39 Å². The third-order valence-electron chi connectivity index (χ3n) is 3.35. The smallest absolute Gasteiger partial charge is 0.137 e. The molecule has 0 aliphatic carbocycles. The van der Waals surface area contributed by atoms with E-state index < -0.39 is 5.82 Å². The molecule has 1 unspecified atom stereocenters. The molecule has 1 atom stereocenters. The van der Waals surface area contributed by atoms with E-state index in [9.17, 15) is 9.18 Å². The number of ketones is 1. The van der Waals surface area contributed by atoms with E-state index in [0.29, 0.717) is 22.9 Å². The molecule has 4 heteroatoms. The Balaban J connectivity index is 1.94. The van der Waals surface area contributed by atoms with E-state index in [2.05, 4.69) is 5.32 Å². The minimum Gasteiger partial charge on any atom is -0.316 e. The van der Waals surface area contributed by atoms with Crippen LogP contribution in [0.5, 0.6) is 0 Å². The quantitative estimate of drug-likeness (QED) is 0.910. The van der Waals surface area contributed by atoms with Gasteiger partial charge in [0, 0.05) is 23.4 Å². The molecule has 0 saturated carbocycles. The molecule has 1 aliphatic rings. The van der Waals surface area contributed by atoms with Gasteiger partial charge in [-0.3, -0.25) is 4.79 Å². The number of piperidine rings is 1. The van der Waals surface area contributed by atoms with Crippen LogP contribution in [0.2, 0.25) is 5.02 Å². The van der Waals surface area contributed by atoms with E-state index in [4.69, 9.17) is 11.6 Å². The number of hydrogen-bond acceptors (Lipinski definition) is 2. The van der Waals surface area contributed by atoms with Crippen molar-refractivity contribution in [3.63, 3.8) is 0 Å². The highest BCUT2D eigenvalue weighted by Gasteiger charge is 2.18. The maximum atomic E-state index is 13.5.